The summed E-state index contributed by atoms with van der Waals surface area (Å²) in [7, 11) is 0. The molecule has 4 heterocycles. The van der Waals surface area contributed by atoms with Gasteiger partial charge in [0.05, 0.1) is 16.9 Å². The number of nitrogens with two attached hydrogens (primary N) is 1. The molecule has 1 aliphatic rings. The summed E-state index contributed by atoms with van der Waals surface area (Å²) in [5.74, 6) is -0.513. The van der Waals surface area contributed by atoms with E-state index >= 15 is 0 Å². The Kier molecular flexibility index (Phi) is 7.49. The van der Waals surface area contributed by atoms with Gasteiger partial charge >= 0.3 is 0 Å². The highest BCUT2D eigenvalue weighted by atomic mass is 19.1. The van der Waals surface area contributed by atoms with Gasteiger partial charge in [0.1, 0.15) is 34.9 Å². The van der Waals surface area contributed by atoms with E-state index in [1.165, 1.54) is 12.1 Å². The van der Waals surface area contributed by atoms with Gasteiger partial charge in [0.15, 0.2) is 5.78 Å². The van der Waals surface area contributed by atoms with Crippen LogP contribution in [0.2, 0.25) is 0 Å². The molecule has 0 aliphatic carbocycles. The van der Waals surface area contributed by atoms with Crippen molar-refractivity contribution in [3.63, 3.8) is 0 Å². The van der Waals surface area contributed by atoms with E-state index in [1.807, 2.05) is 13.0 Å². The number of halogens is 1. The summed E-state index contributed by atoms with van der Waals surface area (Å²) >= 11 is 0. The Hall–Kier alpha value is -5.29. The van der Waals surface area contributed by atoms with E-state index in [4.69, 9.17) is 15.5 Å². The fraction of sp³-hybridized carbons (Fsp3) is 0.235. The number of pyridine rings is 2. The second-order valence-electron chi connectivity index (χ2n) is 11.7. The number of aromatic nitrogens is 4. The number of aryl methyl sites for hydroxylation is 1. The van der Waals surface area contributed by atoms with Gasteiger partial charge in [-0.1, -0.05) is 0 Å². The minimum atomic E-state index is -1.59. The van der Waals surface area contributed by atoms with E-state index in [1.54, 1.807) is 68.8 Å². The number of ether oxygens (including phenoxy) is 1. The first kappa shape index (κ1) is 29.8. The number of hydrogen-bond acceptors (Lipinski definition) is 9. The minimum absolute atomic E-state index is 0.00168. The molecule has 11 heteroatoms. The van der Waals surface area contributed by atoms with Crippen LogP contribution in [0.3, 0.4) is 0 Å². The van der Waals surface area contributed by atoms with Crippen LogP contribution in [-0.4, -0.2) is 43.3 Å². The summed E-state index contributed by atoms with van der Waals surface area (Å²) in [6.45, 7) is 5.15. The SMILES string of the molecule is Cc1cnc2c(Nc3ncccn3)cc(C(=O)CC[C@](C)(O)c3cc4c(c(-c5ccc(F)cc5)n3)OC[C@]4(C)C(N)=O)cc2c1. The number of hydrogen-bond donors (Lipinski definition) is 3. The predicted molar refractivity (Wildman–Crippen MR) is 167 cm³/mol. The number of amides is 1. The zero-order chi connectivity index (χ0) is 31.9. The Morgan fingerprint density at radius 3 is 2.56 bits per heavy atom. The third kappa shape index (κ3) is 5.69. The first-order valence-corrected chi connectivity index (χ1v) is 14.4. The smallest absolute Gasteiger partial charge is 0.231 e. The van der Waals surface area contributed by atoms with Gasteiger partial charge in [-0.05, 0) is 87.4 Å². The van der Waals surface area contributed by atoms with Crippen LogP contribution in [0.5, 0.6) is 5.75 Å². The van der Waals surface area contributed by atoms with Crippen molar-refractivity contribution in [1.29, 1.82) is 0 Å². The average molecular weight is 607 g/mol. The lowest BCUT2D eigenvalue weighted by molar-refractivity contribution is -0.123. The monoisotopic (exact) mass is 606 g/mol. The highest BCUT2D eigenvalue weighted by molar-refractivity contribution is 6.03. The zero-order valence-corrected chi connectivity index (χ0v) is 25.0. The Morgan fingerprint density at radius 2 is 1.84 bits per heavy atom. The summed E-state index contributed by atoms with van der Waals surface area (Å²) in [5, 5.41) is 15.6. The molecule has 5 aromatic rings. The maximum Gasteiger partial charge on any atom is 0.231 e. The Balaban J connectivity index is 1.33. The molecule has 0 bridgehead atoms. The van der Waals surface area contributed by atoms with Crippen molar-refractivity contribution in [1.82, 2.24) is 19.9 Å². The minimum Gasteiger partial charge on any atom is -0.489 e. The molecule has 0 spiro atoms. The van der Waals surface area contributed by atoms with Gasteiger partial charge in [-0.2, -0.15) is 0 Å². The molecule has 10 nitrogen and oxygen atoms in total. The van der Waals surface area contributed by atoms with Crippen LogP contribution in [0.15, 0.2) is 73.2 Å². The van der Waals surface area contributed by atoms with E-state index in [0.717, 1.165) is 10.9 Å². The lowest BCUT2D eigenvalue weighted by atomic mass is 9.81. The molecule has 228 valence electrons. The first-order chi connectivity index (χ1) is 21.4. The van der Waals surface area contributed by atoms with E-state index in [2.05, 4.69) is 20.3 Å². The third-order valence-electron chi connectivity index (χ3n) is 8.18. The van der Waals surface area contributed by atoms with Crippen molar-refractivity contribution >= 4 is 34.2 Å². The molecule has 0 unspecified atom stereocenters. The van der Waals surface area contributed by atoms with E-state index in [9.17, 15) is 19.1 Å². The number of primary amides is 1. The summed E-state index contributed by atoms with van der Waals surface area (Å²) < 4.78 is 19.6. The number of nitrogens with zero attached hydrogens (tertiary/aromatic N) is 4. The zero-order valence-electron chi connectivity index (χ0n) is 25.0. The summed E-state index contributed by atoms with van der Waals surface area (Å²) in [6, 6.07) is 14.4. The number of benzene rings is 2. The van der Waals surface area contributed by atoms with Crippen molar-refractivity contribution in [2.75, 3.05) is 11.9 Å². The maximum absolute atomic E-state index is 13.7. The van der Waals surface area contributed by atoms with Gasteiger partial charge < -0.3 is 20.9 Å². The number of ketones is 1. The van der Waals surface area contributed by atoms with Gasteiger partial charge in [-0.25, -0.2) is 19.3 Å². The number of carbonyl (C=O) groups excluding carboxylic acids is 2. The summed E-state index contributed by atoms with van der Waals surface area (Å²) in [5.41, 5.74) is 7.19. The molecule has 2 atom stereocenters. The molecule has 0 fully saturated rings. The van der Waals surface area contributed by atoms with Crippen molar-refractivity contribution in [2.24, 2.45) is 5.73 Å². The fourth-order valence-electron chi connectivity index (χ4n) is 5.40. The van der Waals surface area contributed by atoms with Crippen molar-refractivity contribution in [2.45, 2.75) is 44.6 Å². The Labute approximate surface area is 258 Å². The lowest BCUT2D eigenvalue weighted by Crippen LogP contribution is -2.40. The molecular formula is C34H31FN6O4. The largest absolute Gasteiger partial charge is 0.489 e. The van der Waals surface area contributed by atoms with E-state index in [0.29, 0.717) is 45.3 Å². The van der Waals surface area contributed by atoms with Crippen molar-refractivity contribution in [3.8, 4) is 17.0 Å². The molecule has 4 N–H and O–H groups in total. The molecule has 1 aliphatic heterocycles. The van der Waals surface area contributed by atoms with Crippen LogP contribution in [0.4, 0.5) is 16.0 Å². The number of Topliss-reactive ketones (excluding diaryl/α,β-unsaturated/α-hetero) is 1. The molecule has 3 aromatic heterocycles. The summed E-state index contributed by atoms with van der Waals surface area (Å²) in [6.07, 6.45) is 4.96. The van der Waals surface area contributed by atoms with Gasteiger partial charge in [0.25, 0.3) is 0 Å². The van der Waals surface area contributed by atoms with E-state index in [-0.39, 0.29) is 30.9 Å². The average Bonchev–Trinajstić information content (AvgIpc) is 3.38. The quantitative estimate of drug-likeness (QED) is 0.190. The molecule has 0 saturated carbocycles. The number of anilines is 2. The van der Waals surface area contributed by atoms with Gasteiger partial charge in [0.2, 0.25) is 11.9 Å². The van der Waals surface area contributed by atoms with Gasteiger partial charge in [0, 0.05) is 47.1 Å². The third-order valence-corrected chi connectivity index (χ3v) is 8.18. The van der Waals surface area contributed by atoms with Gasteiger partial charge in [-0.15, -0.1) is 0 Å². The standard InChI is InChI=1S/C34H31FN6O4/c1-19-13-22-14-21(15-25(28(22)39-17-19)40-32-37-11-4-12-38-32)26(42)9-10-34(3,44)27-16-24-30(45-18-33(24,2)31(36)43)29(41-27)20-5-7-23(35)8-6-20/h4-8,11-17,44H,9-10,18H2,1-3H3,(H2,36,43)(H,37,38,40)/t33-,34-/m0/s1. The lowest BCUT2D eigenvalue weighted by Gasteiger charge is -2.26. The molecule has 1 amide bonds. The first-order valence-electron chi connectivity index (χ1n) is 14.4. The highest BCUT2D eigenvalue weighted by Crippen LogP contribution is 2.46. The fourth-order valence-corrected chi connectivity index (χ4v) is 5.40. The molecule has 0 saturated heterocycles. The van der Waals surface area contributed by atoms with Crippen LogP contribution in [0.1, 0.15) is 53.9 Å². The van der Waals surface area contributed by atoms with E-state index < -0.39 is 22.7 Å². The van der Waals surface area contributed by atoms with Crippen LogP contribution in [-0.2, 0) is 15.8 Å². The normalized spacial score (nSPS) is 16.9. The number of aliphatic hydroxyl groups is 1. The number of nitrogens with one attached hydrogen (secondary N) is 1. The number of rotatable bonds is 9. The van der Waals surface area contributed by atoms with Gasteiger partial charge in [-0.3, -0.25) is 14.6 Å². The Morgan fingerprint density at radius 1 is 1.11 bits per heavy atom. The maximum atomic E-state index is 13.7. The van der Waals surface area contributed by atoms with Crippen molar-refractivity contribution in [3.05, 3.63) is 101 Å². The Bertz CT molecular complexity index is 1950. The van der Waals surface area contributed by atoms with Crippen LogP contribution in [0, 0.1) is 12.7 Å². The second kappa shape index (κ2) is 11.3. The van der Waals surface area contributed by atoms with Crippen molar-refractivity contribution < 1.29 is 23.8 Å². The summed E-state index contributed by atoms with van der Waals surface area (Å²) in [4.78, 5) is 43.9. The van der Waals surface area contributed by atoms with Crippen LogP contribution < -0.4 is 15.8 Å². The topological polar surface area (TPSA) is 153 Å². The molecule has 6 rings (SSSR count). The predicted octanol–water partition coefficient (Wildman–Crippen LogP) is 5.28. The molecule has 2 aromatic carbocycles. The van der Waals surface area contributed by atoms with Crippen LogP contribution in [0.25, 0.3) is 22.2 Å². The molecular weight excluding hydrogens is 575 g/mol. The highest BCUT2D eigenvalue weighted by Gasteiger charge is 2.45. The number of carbonyl (C=O) groups is 2. The molecule has 0 radical (unpaired) electrons. The number of fused-ring (bicyclic) bond motifs is 2. The second-order valence-corrected chi connectivity index (χ2v) is 11.7. The van der Waals surface area contributed by atoms with Crippen LogP contribution >= 0.6 is 0 Å². The molecule has 45 heavy (non-hydrogen) atoms.